The summed E-state index contributed by atoms with van der Waals surface area (Å²) in [6.07, 6.45) is 0.629. The molecule has 0 saturated heterocycles. The second-order valence-corrected chi connectivity index (χ2v) is 7.85. The Morgan fingerprint density at radius 2 is 1.92 bits per heavy atom. The van der Waals surface area contributed by atoms with Crippen molar-refractivity contribution >= 4 is 27.6 Å². The summed E-state index contributed by atoms with van der Waals surface area (Å²) in [5, 5.41) is 2.53. The highest BCUT2D eigenvalue weighted by atomic mass is 32.2. The highest BCUT2D eigenvalue weighted by molar-refractivity contribution is 7.89. The van der Waals surface area contributed by atoms with Crippen molar-refractivity contribution in [1.82, 2.24) is 4.31 Å². The molecule has 0 bridgehead atoms. The Kier molecular flexibility index (Phi) is 6.92. The molecule has 0 aliphatic heterocycles. The van der Waals surface area contributed by atoms with Crippen molar-refractivity contribution in [1.29, 1.82) is 0 Å². The van der Waals surface area contributed by atoms with Gasteiger partial charge in [0.2, 0.25) is 10.0 Å². The lowest BCUT2D eigenvalue weighted by molar-refractivity contribution is -0.151. The fourth-order valence-electron chi connectivity index (χ4n) is 1.80. The van der Waals surface area contributed by atoms with Crippen LogP contribution in [-0.4, -0.2) is 45.3 Å². The fourth-order valence-corrected chi connectivity index (χ4v) is 2.94. The number of benzene rings is 1. The zero-order valence-corrected chi connectivity index (χ0v) is 15.4. The van der Waals surface area contributed by atoms with E-state index in [-0.39, 0.29) is 10.8 Å². The number of hydrogen-bond acceptors (Lipinski definition) is 5. The van der Waals surface area contributed by atoms with E-state index < -0.39 is 28.5 Å². The summed E-state index contributed by atoms with van der Waals surface area (Å²) < 4.78 is 30.5. The number of amides is 1. The molecule has 1 rings (SSSR count). The predicted octanol–water partition coefficient (Wildman–Crippen LogP) is 1.77. The first kappa shape index (κ1) is 20.1. The van der Waals surface area contributed by atoms with Gasteiger partial charge in [-0.15, -0.1) is 0 Å². The second kappa shape index (κ2) is 8.25. The average Bonchev–Trinajstić information content (AvgIpc) is 2.53. The lowest BCUT2D eigenvalue weighted by Crippen LogP contribution is -2.25. The zero-order valence-electron chi connectivity index (χ0n) is 14.6. The van der Waals surface area contributed by atoms with E-state index in [2.05, 4.69) is 5.32 Å². The van der Waals surface area contributed by atoms with Crippen LogP contribution in [0.1, 0.15) is 25.8 Å². The Morgan fingerprint density at radius 3 is 2.46 bits per heavy atom. The van der Waals surface area contributed by atoms with E-state index in [9.17, 15) is 18.0 Å². The molecule has 0 heterocycles. The molecule has 0 fully saturated rings. The first-order chi connectivity index (χ1) is 11.1. The predicted molar refractivity (Wildman–Crippen MR) is 91.1 cm³/mol. The van der Waals surface area contributed by atoms with Gasteiger partial charge in [-0.2, -0.15) is 0 Å². The van der Waals surface area contributed by atoms with Crippen LogP contribution in [-0.2, 0) is 24.3 Å². The molecule has 1 aromatic carbocycles. The number of carbonyl (C=O) groups is 2. The van der Waals surface area contributed by atoms with Crippen molar-refractivity contribution in [3.8, 4) is 0 Å². The van der Waals surface area contributed by atoms with Crippen LogP contribution in [0.2, 0.25) is 0 Å². The Morgan fingerprint density at radius 1 is 1.29 bits per heavy atom. The zero-order chi connectivity index (χ0) is 18.5. The maximum atomic E-state index is 12.3. The molecule has 0 saturated carbocycles. The molecule has 0 radical (unpaired) electrons. The lowest BCUT2D eigenvalue weighted by atomic mass is 10.1. The monoisotopic (exact) mass is 356 g/mol. The van der Waals surface area contributed by atoms with E-state index in [4.69, 9.17) is 4.74 Å². The standard InChI is InChI=1S/C16H24N2O5S/c1-6-11(2)16(20)23-10-15(19)17-13-8-7-12(3)14(9-13)24(21,22)18(4)5/h7-9,11H,6,10H2,1-5H3,(H,17,19). The Balaban J connectivity index is 2.83. The van der Waals surface area contributed by atoms with Crippen LogP contribution in [0.25, 0.3) is 0 Å². The van der Waals surface area contributed by atoms with Crippen molar-refractivity contribution in [3.63, 3.8) is 0 Å². The molecule has 7 nitrogen and oxygen atoms in total. The normalized spacial score (nSPS) is 12.8. The molecule has 24 heavy (non-hydrogen) atoms. The smallest absolute Gasteiger partial charge is 0.309 e. The number of ether oxygens (including phenoxy) is 1. The van der Waals surface area contributed by atoms with Gasteiger partial charge in [-0.3, -0.25) is 9.59 Å². The van der Waals surface area contributed by atoms with Gasteiger partial charge in [-0.1, -0.05) is 19.9 Å². The summed E-state index contributed by atoms with van der Waals surface area (Å²) in [6.45, 7) is 4.84. The molecular formula is C16H24N2O5S. The summed E-state index contributed by atoms with van der Waals surface area (Å²) >= 11 is 0. The van der Waals surface area contributed by atoms with Crippen molar-refractivity contribution in [2.75, 3.05) is 26.0 Å². The van der Waals surface area contributed by atoms with E-state index in [0.717, 1.165) is 4.31 Å². The van der Waals surface area contributed by atoms with Gasteiger partial charge in [0.1, 0.15) is 0 Å². The van der Waals surface area contributed by atoms with Crippen LogP contribution in [0.4, 0.5) is 5.69 Å². The van der Waals surface area contributed by atoms with Crippen molar-refractivity contribution in [3.05, 3.63) is 23.8 Å². The number of nitrogens with one attached hydrogen (secondary N) is 1. The van der Waals surface area contributed by atoms with E-state index in [0.29, 0.717) is 17.7 Å². The minimum absolute atomic E-state index is 0.113. The number of rotatable bonds is 7. The first-order valence-corrected chi connectivity index (χ1v) is 9.03. The molecule has 134 valence electrons. The summed E-state index contributed by atoms with van der Waals surface area (Å²) in [7, 11) is -0.732. The molecule has 1 atom stereocenters. The van der Waals surface area contributed by atoms with E-state index in [1.807, 2.05) is 6.92 Å². The van der Waals surface area contributed by atoms with Gasteiger partial charge < -0.3 is 10.1 Å². The molecular weight excluding hydrogens is 332 g/mol. The Bertz CT molecular complexity index is 713. The van der Waals surface area contributed by atoms with Crippen LogP contribution in [0.3, 0.4) is 0 Å². The summed E-state index contributed by atoms with van der Waals surface area (Å²) in [5.74, 6) is -1.23. The number of anilines is 1. The summed E-state index contributed by atoms with van der Waals surface area (Å²) in [5.41, 5.74) is 0.899. The van der Waals surface area contributed by atoms with Gasteiger partial charge in [-0.25, -0.2) is 12.7 Å². The summed E-state index contributed by atoms with van der Waals surface area (Å²) in [4.78, 5) is 23.5. The van der Waals surface area contributed by atoms with Crippen LogP contribution in [0, 0.1) is 12.8 Å². The van der Waals surface area contributed by atoms with Crippen molar-refractivity contribution in [2.24, 2.45) is 5.92 Å². The van der Waals surface area contributed by atoms with E-state index in [1.165, 1.54) is 20.2 Å². The number of carbonyl (C=O) groups excluding carboxylic acids is 2. The molecule has 1 N–H and O–H groups in total. The van der Waals surface area contributed by atoms with Gasteiger partial charge in [0.05, 0.1) is 10.8 Å². The number of nitrogens with zero attached hydrogens (tertiary/aromatic N) is 1. The molecule has 0 spiro atoms. The van der Waals surface area contributed by atoms with E-state index >= 15 is 0 Å². The third-order valence-electron chi connectivity index (χ3n) is 3.59. The van der Waals surface area contributed by atoms with Gasteiger partial charge in [0.15, 0.2) is 6.61 Å². The lowest BCUT2D eigenvalue weighted by Gasteiger charge is -2.15. The van der Waals surface area contributed by atoms with Crippen LogP contribution < -0.4 is 5.32 Å². The van der Waals surface area contributed by atoms with Gasteiger partial charge in [0.25, 0.3) is 5.91 Å². The molecule has 0 aliphatic rings. The van der Waals surface area contributed by atoms with Crippen molar-refractivity contribution in [2.45, 2.75) is 32.1 Å². The van der Waals surface area contributed by atoms with Gasteiger partial charge in [-0.05, 0) is 31.0 Å². The van der Waals surface area contributed by atoms with E-state index in [1.54, 1.807) is 26.0 Å². The Labute approximate surface area is 143 Å². The highest BCUT2D eigenvalue weighted by Crippen LogP contribution is 2.22. The number of hydrogen-bond donors (Lipinski definition) is 1. The van der Waals surface area contributed by atoms with Crippen LogP contribution in [0.5, 0.6) is 0 Å². The first-order valence-electron chi connectivity index (χ1n) is 7.59. The molecule has 1 amide bonds. The largest absolute Gasteiger partial charge is 0.455 e. The summed E-state index contributed by atoms with van der Waals surface area (Å²) in [6, 6.07) is 4.59. The SMILES string of the molecule is CCC(C)C(=O)OCC(=O)Nc1ccc(C)c(S(=O)(=O)N(C)C)c1. The van der Waals surface area contributed by atoms with Crippen LogP contribution >= 0.6 is 0 Å². The number of sulfonamides is 1. The maximum absolute atomic E-state index is 12.3. The van der Waals surface area contributed by atoms with Crippen molar-refractivity contribution < 1.29 is 22.7 Å². The van der Waals surface area contributed by atoms with Gasteiger partial charge in [0, 0.05) is 19.8 Å². The van der Waals surface area contributed by atoms with Gasteiger partial charge >= 0.3 is 5.97 Å². The molecule has 8 heteroatoms. The number of aryl methyl sites for hydroxylation is 1. The highest BCUT2D eigenvalue weighted by Gasteiger charge is 2.20. The average molecular weight is 356 g/mol. The molecule has 1 aromatic rings. The molecule has 0 aromatic heterocycles. The second-order valence-electron chi connectivity index (χ2n) is 5.73. The number of esters is 1. The molecule has 1 unspecified atom stereocenters. The topological polar surface area (TPSA) is 92.8 Å². The minimum atomic E-state index is -3.61. The quantitative estimate of drug-likeness (QED) is 0.752. The maximum Gasteiger partial charge on any atom is 0.309 e. The minimum Gasteiger partial charge on any atom is -0.455 e. The van der Waals surface area contributed by atoms with Crippen LogP contribution in [0.15, 0.2) is 23.1 Å². The Hall–Kier alpha value is -1.93. The third kappa shape index (κ3) is 5.04. The third-order valence-corrected chi connectivity index (χ3v) is 5.55. The molecule has 0 aliphatic carbocycles. The fraction of sp³-hybridized carbons (Fsp3) is 0.500.